The molecule has 108 valence electrons. The maximum Gasteiger partial charge on any atom is 0.0928 e. The minimum atomic E-state index is 0.339. The Hall–Kier alpha value is -0.160. The van der Waals surface area contributed by atoms with E-state index in [1.807, 2.05) is 0 Å². The van der Waals surface area contributed by atoms with Crippen LogP contribution in [0, 0.1) is 5.92 Å². The summed E-state index contributed by atoms with van der Waals surface area (Å²) < 4.78 is 0. The lowest BCUT2D eigenvalue weighted by molar-refractivity contribution is 0.250. The van der Waals surface area contributed by atoms with Crippen molar-refractivity contribution in [2.24, 2.45) is 5.92 Å². The molecule has 3 nitrogen and oxygen atoms in total. The second-order valence-corrected chi connectivity index (χ2v) is 6.50. The van der Waals surface area contributed by atoms with Crippen LogP contribution in [0.2, 0.25) is 0 Å². The zero-order valence-electron chi connectivity index (χ0n) is 11.4. The summed E-state index contributed by atoms with van der Waals surface area (Å²) in [5.41, 5.74) is 1.01. The number of aryl methyl sites for hydroxylation is 1. The van der Waals surface area contributed by atoms with Crippen molar-refractivity contribution in [3.8, 4) is 0 Å². The molecule has 0 saturated carbocycles. The van der Waals surface area contributed by atoms with Gasteiger partial charge in [0.2, 0.25) is 0 Å². The molecule has 0 spiro atoms. The molecule has 0 amide bonds. The van der Waals surface area contributed by atoms with Gasteiger partial charge in [0.25, 0.3) is 0 Å². The smallest absolute Gasteiger partial charge is 0.0928 e. The first-order valence-corrected chi connectivity index (χ1v) is 8.55. The molecule has 0 radical (unpaired) electrons. The fourth-order valence-corrected chi connectivity index (χ4v) is 3.74. The van der Waals surface area contributed by atoms with Gasteiger partial charge in [-0.15, -0.1) is 22.9 Å². The van der Waals surface area contributed by atoms with Crippen LogP contribution in [0.4, 0.5) is 0 Å². The number of hydrogen-bond acceptors (Lipinski definition) is 4. The molecule has 1 saturated heterocycles. The standard InChI is InChI=1S/C14H23ClN2OS/c15-9-13-11-19-14(16-13)3-1-2-6-17-7-4-12(10-17)5-8-18/h11-12,18H,1-10H2. The van der Waals surface area contributed by atoms with Crippen LogP contribution >= 0.6 is 22.9 Å². The highest BCUT2D eigenvalue weighted by Crippen LogP contribution is 2.20. The van der Waals surface area contributed by atoms with Gasteiger partial charge in [-0.1, -0.05) is 0 Å². The van der Waals surface area contributed by atoms with Crippen LogP contribution in [0.1, 0.15) is 36.4 Å². The number of hydrogen-bond donors (Lipinski definition) is 1. The highest BCUT2D eigenvalue weighted by molar-refractivity contribution is 7.09. The van der Waals surface area contributed by atoms with Crippen LogP contribution in [0.15, 0.2) is 5.38 Å². The van der Waals surface area contributed by atoms with Gasteiger partial charge >= 0.3 is 0 Å². The predicted molar refractivity (Wildman–Crippen MR) is 80.9 cm³/mol. The number of aliphatic hydroxyl groups is 1. The molecule has 1 aromatic heterocycles. The normalized spacial score (nSPS) is 20.2. The molecule has 19 heavy (non-hydrogen) atoms. The van der Waals surface area contributed by atoms with Crippen LogP contribution in [-0.2, 0) is 12.3 Å². The molecule has 1 aromatic rings. The monoisotopic (exact) mass is 302 g/mol. The minimum absolute atomic E-state index is 0.339. The van der Waals surface area contributed by atoms with Crippen LogP contribution in [0.3, 0.4) is 0 Å². The van der Waals surface area contributed by atoms with Gasteiger partial charge in [-0.3, -0.25) is 0 Å². The minimum Gasteiger partial charge on any atom is -0.396 e. The fraction of sp³-hybridized carbons (Fsp3) is 0.786. The summed E-state index contributed by atoms with van der Waals surface area (Å²) in [6, 6.07) is 0. The van der Waals surface area contributed by atoms with Crippen molar-refractivity contribution in [1.82, 2.24) is 9.88 Å². The van der Waals surface area contributed by atoms with Crippen LogP contribution < -0.4 is 0 Å². The summed E-state index contributed by atoms with van der Waals surface area (Å²) >= 11 is 7.47. The summed E-state index contributed by atoms with van der Waals surface area (Å²) in [4.78, 5) is 7.01. The first-order valence-electron chi connectivity index (χ1n) is 7.14. The second-order valence-electron chi connectivity index (χ2n) is 5.29. The summed E-state index contributed by atoms with van der Waals surface area (Å²) in [7, 11) is 0. The third kappa shape index (κ3) is 5.03. The summed E-state index contributed by atoms with van der Waals surface area (Å²) in [6.45, 7) is 3.91. The quantitative estimate of drug-likeness (QED) is 0.592. The third-order valence-corrected chi connectivity index (χ3v) is 4.99. The predicted octanol–water partition coefficient (Wildman–Crippen LogP) is 2.91. The Kier molecular flexibility index (Phi) is 6.57. The van der Waals surface area contributed by atoms with Crippen LogP contribution in [0.5, 0.6) is 0 Å². The number of halogens is 1. The van der Waals surface area contributed by atoms with Crippen molar-refractivity contribution in [3.63, 3.8) is 0 Å². The Labute approximate surface area is 124 Å². The lowest BCUT2D eigenvalue weighted by atomic mass is 10.1. The first-order chi connectivity index (χ1) is 9.31. The molecule has 1 fully saturated rings. The van der Waals surface area contributed by atoms with Gasteiger partial charge < -0.3 is 10.0 Å². The van der Waals surface area contributed by atoms with E-state index in [0.29, 0.717) is 12.5 Å². The molecule has 0 bridgehead atoms. The highest BCUT2D eigenvalue weighted by atomic mass is 35.5. The summed E-state index contributed by atoms with van der Waals surface area (Å²) in [5.74, 6) is 1.24. The van der Waals surface area contributed by atoms with Gasteiger partial charge in [-0.2, -0.15) is 0 Å². The van der Waals surface area contributed by atoms with Gasteiger partial charge in [-0.05, 0) is 51.1 Å². The van der Waals surface area contributed by atoms with E-state index in [0.717, 1.165) is 24.5 Å². The number of aromatic nitrogens is 1. The maximum atomic E-state index is 8.94. The van der Waals surface area contributed by atoms with E-state index in [2.05, 4.69) is 15.3 Å². The lowest BCUT2D eigenvalue weighted by Gasteiger charge is -2.15. The van der Waals surface area contributed by atoms with E-state index in [1.54, 1.807) is 11.3 Å². The van der Waals surface area contributed by atoms with Crippen molar-refractivity contribution >= 4 is 22.9 Å². The number of likely N-dealkylation sites (tertiary alicyclic amines) is 1. The average molecular weight is 303 g/mol. The van der Waals surface area contributed by atoms with E-state index >= 15 is 0 Å². The molecule has 5 heteroatoms. The molecule has 1 atom stereocenters. The highest BCUT2D eigenvalue weighted by Gasteiger charge is 2.21. The zero-order valence-corrected chi connectivity index (χ0v) is 12.9. The van der Waals surface area contributed by atoms with Crippen LogP contribution in [-0.4, -0.2) is 41.2 Å². The van der Waals surface area contributed by atoms with Gasteiger partial charge in [0.05, 0.1) is 16.6 Å². The SMILES string of the molecule is OCCC1CCN(CCCCc2nc(CCl)cs2)C1. The van der Waals surface area contributed by atoms with Gasteiger partial charge in [0.15, 0.2) is 0 Å². The van der Waals surface area contributed by atoms with E-state index < -0.39 is 0 Å². The molecule has 1 aliphatic rings. The average Bonchev–Trinajstić information content (AvgIpc) is 3.04. The van der Waals surface area contributed by atoms with E-state index in [1.165, 1.54) is 43.9 Å². The molecule has 1 unspecified atom stereocenters. The Morgan fingerprint density at radius 2 is 2.37 bits per heavy atom. The zero-order chi connectivity index (χ0) is 13.5. The Balaban J connectivity index is 1.57. The molecule has 0 aromatic carbocycles. The first kappa shape index (κ1) is 15.2. The number of alkyl halides is 1. The molecule has 0 aliphatic carbocycles. The maximum absolute atomic E-state index is 8.94. The van der Waals surface area contributed by atoms with Crippen molar-refractivity contribution in [3.05, 3.63) is 16.1 Å². The topological polar surface area (TPSA) is 36.4 Å². The number of thiazole rings is 1. The van der Waals surface area contributed by atoms with E-state index in [-0.39, 0.29) is 0 Å². The number of rotatable bonds is 8. The van der Waals surface area contributed by atoms with Crippen molar-refractivity contribution in [2.75, 3.05) is 26.2 Å². The molecule has 2 heterocycles. The Morgan fingerprint density at radius 1 is 1.47 bits per heavy atom. The molecular formula is C14H23ClN2OS. The van der Waals surface area contributed by atoms with Crippen molar-refractivity contribution < 1.29 is 5.11 Å². The van der Waals surface area contributed by atoms with Crippen LogP contribution in [0.25, 0.3) is 0 Å². The van der Waals surface area contributed by atoms with Crippen molar-refractivity contribution in [2.45, 2.75) is 38.0 Å². The van der Waals surface area contributed by atoms with E-state index in [4.69, 9.17) is 16.7 Å². The van der Waals surface area contributed by atoms with E-state index in [9.17, 15) is 0 Å². The van der Waals surface area contributed by atoms with Gasteiger partial charge in [0, 0.05) is 18.5 Å². The molecule has 1 aliphatic heterocycles. The largest absolute Gasteiger partial charge is 0.396 e. The molecular weight excluding hydrogens is 280 g/mol. The second kappa shape index (κ2) is 8.20. The van der Waals surface area contributed by atoms with Gasteiger partial charge in [-0.25, -0.2) is 4.98 Å². The summed E-state index contributed by atoms with van der Waals surface area (Å²) in [6.07, 6.45) is 5.75. The Morgan fingerprint density at radius 3 is 3.11 bits per heavy atom. The number of aliphatic hydroxyl groups excluding tert-OH is 1. The van der Waals surface area contributed by atoms with Gasteiger partial charge in [0.1, 0.15) is 0 Å². The number of unbranched alkanes of at least 4 members (excludes halogenated alkanes) is 1. The lowest BCUT2D eigenvalue weighted by Crippen LogP contribution is -2.22. The number of nitrogens with zero attached hydrogens (tertiary/aromatic N) is 2. The summed E-state index contributed by atoms with van der Waals surface area (Å²) in [5, 5.41) is 12.2. The third-order valence-electron chi connectivity index (χ3n) is 3.76. The Bertz CT molecular complexity index is 372. The molecule has 2 rings (SSSR count). The fourth-order valence-electron chi connectivity index (χ4n) is 2.67. The van der Waals surface area contributed by atoms with Crippen molar-refractivity contribution in [1.29, 1.82) is 0 Å². The molecule has 1 N–H and O–H groups in total.